The molecule has 0 saturated heterocycles. The second-order valence-electron chi connectivity index (χ2n) is 4.83. The molecule has 1 heteroatoms. The Morgan fingerprint density at radius 2 is 1.82 bits per heavy atom. The fourth-order valence-corrected chi connectivity index (χ4v) is 1.63. The molecule has 0 heterocycles. The highest BCUT2D eigenvalue weighted by Crippen LogP contribution is 2.24. The molecule has 0 saturated carbocycles. The Hall–Kier alpha value is -1.34. The van der Waals surface area contributed by atoms with E-state index in [1.165, 1.54) is 5.57 Å². The summed E-state index contributed by atoms with van der Waals surface area (Å²) in [5, 5.41) is 10.3. The van der Waals surface area contributed by atoms with E-state index in [9.17, 15) is 5.11 Å². The molecule has 0 spiro atoms. The third kappa shape index (κ3) is 5.01. The first kappa shape index (κ1) is 13.7. The predicted molar refractivity (Wildman–Crippen MR) is 73.8 cm³/mol. The smallest absolute Gasteiger partial charge is 0.0902 e. The van der Waals surface area contributed by atoms with E-state index in [1.807, 2.05) is 43.3 Å². The number of hydrogen-bond donors (Lipinski definition) is 1. The van der Waals surface area contributed by atoms with Gasteiger partial charge < -0.3 is 5.11 Å². The summed E-state index contributed by atoms with van der Waals surface area (Å²) in [4.78, 5) is 0. The summed E-state index contributed by atoms with van der Waals surface area (Å²) in [5.41, 5.74) is 1.51. The summed E-state index contributed by atoms with van der Waals surface area (Å²) in [6, 6.07) is 9.80. The lowest BCUT2D eigenvalue weighted by Crippen LogP contribution is -2.19. The van der Waals surface area contributed by atoms with E-state index in [0.717, 1.165) is 12.0 Å². The second kappa shape index (κ2) is 6.41. The van der Waals surface area contributed by atoms with Gasteiger partial charge in [0.1, 0.15) is 0 Å². The molecular formula is C16H22O. The molecule has 1 N–H and O–H groups in total. The summed E-state index contributed by atoms with van der Waals surface area (Å²) in [7, 11) is 0. The Morgan fingerprint density at radius 1 is 1.18 bits per heavy atom. The van der Waals surface area contributed by atoms with Crippen molar-refractivity contribution in [3.05, 3.63) is 59.7 Å². The van der Waals surface area contributed by atoms with Crippen LogP contribution in [0.15, 0.2) is 54.1 Å². The molecule has 0 aliphatic carbocycles. The monoisotopic (exact) mass is 230 g/mol. The van der Waals surface area contributed by atoms with Gasteiger partial charge in [-0.3, -0.25) is 0 Å². The number of hydrogen-bond acceptors (Lipinski definition) is 1. The molecule has 1 unspecified atom stereocenters. The molecule has 0 radical (unpaired) electrons. The summed E-state index contributed by atoms with van der Waals surface area (Å²) in [6.45, 7) is 6.04. The van der Waals surface area contributed by atoms with E-state index >= 15 is 0 Å². The first-order valence-corrected chi connectivity index (χ1v) is 6.08. The van der Waals surface area contributed by atoms with Crippen LogP contribution in [0.5, 0.6) is 0 Å². The van der Waals surface area contributed by atoms with E-state index in [1.54, 1.807) is 0 Å². The molecular weight excluding hydrogens is 208 g/mol. The summed E-state index contributed by atoms with van der Waals surface area (Å²) in [5.74, 6) is 0. The molecule has 0 aliphatic heterocycles. The normalized spacial score (nSPS) is 14.6. The van der Waals surface area contributed by atoms with Crippen LogP contribution in [0.1, 0.15) is 39.2 Å². The number of aliphatic hydroxyl groups is 1. The molecule has 1 atom stereocenters. The van der Waals surface area contributed by atoms with E-state index in [4.69, 9.17) is 0 Å². The van der Waals surface area contributed by atoms with Crippen LogP contribution in [0.4, 0.5) is 0 Å². The van der Waals surface area contributed by atoms with Gasteiger partial charge in [-0.05, 0) is 39.2 Å². The van der Waals surface area contributed by atoms with Crippen LogP contribution in [0, 0.1) is 0 Å². The fourth-order valence-electron chi connectivity index (χ4n) is 1.63. The Bertz CT molecular complexity index is 381. The highest BCUT2D eigenvalue weighted by Gasteiger charge is 2.20. The van der Waals surface area contributed by atoms with Gasteiger partial charge in [0, 0.05) is 0 Å². The molecule has 1 aromatic carbocycles. The summed E-state index contributed by atoms with van der Waals surface area (Å²) >= 11 is 0. The lowest BCUT2D eigenvalue weighted by molar-refractivity contribution is 0.0605. The van der Waals surface area contributed by atoms with Crippen molar-refractivity contribution in [2.45, 2.75) is 39.2 Å². The van der Waals surface area contributed by atoms with E-state index in [0.29, 0.717) is 6.42 Å². The standard InChI is InChI=1S/C16H22O/c1-14(2)10-6-5-9-13-16(3,17)15-11-7-4-8-12-15/h4-5,7-12,17H,6,13H2,1-3H3/b9-5+. The van der Waals surface area contributed by atoms with Crippen molar-refractivity contribution < 1.29 is 5.11 Å². The fraction of sp³-hybridized carbons (Fsp3) is 0.375. The van der Waals surface area contributed by atoms with Gasteiger partial charge in [0.2, 0.25) is 0 Å². The van der Waals surface area contributed by atoms with E-state index in [2.05, 4.69) is 26.0 Å². The maximum atomic E-state index is 10.3. The molecule has 0 bridgehead atoms. The SMILES string of the molecule is CC(C)=CC/C=C/CC(C)(O)c1ccccc1. The molecule has 1 rings (SSSR count). The molecule has 0 fully saturated rings. The predicted octanol–water partition coefficient (Wildman–Crippen LogP) is 4.20. The van der Waals surface area contributed by atoms with Gasteiger partial charge in [-0.25, -0.2) is 0 Å². The average molecular weight is 230 g/mol. The van der Waals surface area contributed by atoms with Crippen LogP contribution in [-0.4, -0.2) is 5.11 Å². The van der Waals surface area contributed by atoms with Crippen molar-refractivity contribution in [1.82, 2.24) is 0 Å². The van der Waals surface area contributed by atoms with Crippen LogP contribution in [0.2, 0.25) is 0 Å². The Kier molecular flexibility index (Phi) is 5.17. The molecule has 1 nitrogen and oxygen atoms in total. The van der Waals surface area contributed by atoms with Crippen molar-refractivity contribution in [3.63, 3.8) is 0 Å². The largest absolute Gasteiger partial charge is 0.385 e. The van der Waals surface area contributed by atoms with Crippen LogP contribution >= 0.6 is 0 Å². The molecule has 0 aromatic heterocycles. The number of allylic oxidation sites excluding steroid dienone is 3. The van der Waals surface area contributed by atoms with Crippen LogP contribution in [0.25, 0.3) is 0 Å². The third-order valence-electron chi connectivity index (χ3n) is 2.74. The Morgan fingerprint density at radius 3 is 2.41 bits per heavy atom. The average Bonchev–Trinajstić information content (AvgIpc) is 2.29. The summed E-state index contributed by atoms with van der Waals surface area (Å²) < 4.78 is 0. The van der Waals surface area contributed by atoms with Crippen LogP contribution in [0.3, 0.4) is 0 Å². The van der Waals surface area contributed by atoms with E-state index < -0.39 is 5.60 Å². The van der Waals surface area contributed by atoms with Gasteiger partial charge in [0.15, 0.2) is 0 Å². The zero-order chi connectivity index (χ0) is 12.7. The maximum absolute atomic E-state index is 10.3. The van der Waals surface area contributed by atoms with Gasteiger partial charge in [-0.15, -0.1) is 0 Å². The molecule has 17 heavy (non-hydrogen) atoms. The Labute approximate surface area is 104 Å². The van der Waals surface area contributed by atoms with Crippen LogP contribution < -0.4 is 0 Å². The van der Waals surface area contributed by atoms with Crippen molar-refractivity contribution >= 4 is 0 Å². The van der Waals surface area contributed by atoms with Gasteiger partial charge in [0.25, 0.3) is 0 Å². The van der Waals surface area contributed by atoms with Gasteiger partial charge >= 0.3 is 0 Å². The quantitative estimate of drug-likeness (QED) is 0.752. The number of benzene rings is 1. The van der Waals surface area contributed by atoms with E-state index in [-0.39, 0.29) is 0 Å². The van der Waals surface area contributed by atoms with Crippen molar-refractivity contribution in [2.75, 3.05) is 0 Å². The molecule has 0 amide bonds. The van der Waals surface area contributed by atoms with Gasteiger partial charge in [0.05, 0.1) is 5.60 Å². The maximum Gasteiger partial charge on any atom is 0.0902 e. The highest BCUT2D eigenvalue weighted by molar-refractivity contribution is 5.22. The van der Waals surface area contributed by atoms with Crippen molar-refractivity contribution in [3.8, 4) is 0 Å². The molecule has 1 aromatic rings. The van der Waals surface area contributed by atoms with Gasteiger partial charge in [-0.2, -0.15) is 0 Å². The molecule has 0 aliphatic rings. The minimum absolute atomic E-state index is 0.646. The lowest BCUT2D eigenvalue weighted by Gasteiger charge is -2.22. The van der Waals surface area contributed by atoms with Crippen LogP contribution in [-0.2, 0) is 5.60 Å². The second-order valence-corrected chi connectivity index (χ2v) is 4.83. The Balaban J connectivity index is 2.53. The lowest BCUT2D eigenvalue weighted by atomic mass is 9.92. The first-order valence-electron chi connectivity index (χ1n) is 6.08. The third-order valence-corrected chi connectivity index (χ3v) is 2.74. The zero-order valence-corrected chi connectivity index (χ0v) is 11.0. The van der Waals surface area contributed by atoms with Gasteiger partial charge in [-0.1, -0.05) is 54.1 Å². The van der Waals surface area contributed by atoms with Crippen molar-refractivity contribution in [1.29, 1.82) is 0 Å². The zero-order valence-electron chi connectivity index (χ0n) is 11.0. The molecule has 92 valence electrons. The number of rotatable bonds is 5. The highest BCUT2D eigenvalue weighted by atomic mass is 16.3. The first-order chi connectivity index (χ1) is 8.02. The minimum Gasteiger partial charge on any atom is -0.385 e. The minimum atomic E-state index is -0.775. The van der Waals surface area contributed by atoms with Crippen molar-refractivity contribution in [2.24, 2.45) is 0 Å². The summed E-state index contributed by atoms with van der Waals surface area (Å²) in [6.07, 6.45) is 7.91. The topological polar surface area (TPSA) is 20.2 Å².